The summed E-state index contributed by atoms with van der Waals surface area (Å²) in [6.07, 6.45) is 0. The second-order valence-electron chi connectivity index (χ2n) is 5.35. The van der Waals surface area contributed by atoms with Gasteiger partial charge in [-0.3, -0.25) is 0 Å². The molecule has 0 unspecified atom stereocenters. The Morgan fingerprint density at radius 2 is 1.79 bits per heavy atom. The lowest BCUT2D eigenvalue weighted by Crippen LogP contribution is -1.92. The van der Waals surface area contributed by atoms with E-state index in [0.717, 1.165) is 0 Å². The molecule has 0 aliphatic heterocycles. The number of benzene rings is 2. The number of hydrogen-bond acceptors (Lipinski definition) is 1. The number of hydrogen-bond donors (Lipinski definition) is 0. The van der Waals surface area contributed by atoms with Gasteiger partial charge in [0.15, 0.2) is 0 Å². The van der Waals surface area contributed by atoms with Gasteiger partial charge < -0.3 is 4.57 Å². The van der Waals surface area contributed by atoms with Crippen LogP contribution >= 0.6 is 11.8 Å². The second-order valence-corrected chi connectivity index (χ2v) is 6.97. The number of thioether (sulfide) groups is 1. The van der Waals surface area contributed by atoms with Crippen LogP contribution in [0.1, 0.15) is 19.4 Å². The van der Waals surface area contributed by atoms with Crippen molar-refractivity contribution < 1.29 is 0 Å². The second kappa shape index (κ2) is 4.61. The largest absolute Gasteiger partial charge is 0.343 e. The fraction of sp³-hybridized carbons (Fsp3) is 0.294. The Bertz CT molecular complexity index is 753. The molecule has 98 valence electrons. The van der Waals surface area contributed by atoms with Crippen molar-refractivity contribution in [3.63, 3.8) is 0 Å². The van der Waals surface area contributed by atoms with Crippen molar-refractivity contribution in [2.45, 2.75) is 30.9 Å². The summed E-state index contributed by atoms with van der Waals surface area (Å²) in [5.74, 6) is 0. The Labute approximate surface area is 118 Å². The third-order valence-corrected chi connectivity index (χ3v) is 4.64. The summed E-state index contributed by atoms with van der Waals surface area (Å²) in [5, 5.41) is 3.37. The molecule has 0 radical (unpaired) electrons. The van der Waals surface area contributed by atoms with Crippen molar-refractivity contribution >= 4 is 33.6 Å². The SMILES string of the molecule is Cc1ccc(SC(C)C)c2c1c1ccccc1n2C. The quantitative estimate of drug-likeness (QED) is 0.583. The predicted molar refractivity (Wildman–Crippen MR) is 86.2 cm³/mol. The molecule has 2 heteroatoms. The smallest absolute Gasteiger partial charge is 0.0629 e. The summed E-state index contributed by atoms with van der Waals surface area (Å²) in [6.45, 7) is 6.70. The normalized spacial score (nSPS) is 11.8. The van der Waals surface area contributed by atoms with Crippen molar-refractivity contribution in [3.8, 4) is 0 Å². The van der Waals surface area contributed by atoms with Crippen molar-refractivity contribution in [3.05, 3.63) is 42.0 Å². The third-order valence-electron chi connectivity index (χ3n) is 3.58. The van der Waals surface area contributed by atoms with Crippen LogP contribution in [0.15, 0.2) is 41.3 Å². The Morgan fingerprint density at radius 1 is 1.05 bits per heavy atom. The van der Waals surface area contributed by atoms with E-state index in [4.69, 9.17) is 0 Å². The molecule has 0 N–H and O–H groups in total. The highest BCUT2D eigenvalue weighted by molar-refractivity contribution is 8.00. The van der Waals surface area contributed by atoms with E-state index in [1.165, 1.54) is 32.3 Å². The summed E-state index contributed by atoms with van der Waals surface area (Å²) < 4.78 is 2.34. The molecule has 0 amide bonds. The highest BCUT2D eigenvalue weighted by atomic mass is 32.2. The molecule has 0 spiro atoms. The van der Waals surface area contributed by atoms with Crippen molar-refractivity contribution in [2.75, 3.05) is 0 Å². The molecule has 1 nitrogen and oxygen atoms in total. The molecule has 0 aliphatic rings. The average molecular weight is 269 g/mol. The van der Waals surface area contributed by atoms with Crippen LogP contribution in [0.4, 0.5) is 0 Å². The van der Waals surface area contributed by atoms with Gasteiger partial charge in [-0.25, -0.2) is 0 Å². The van der Waals surface area contributed by atoms with E-state index in [0.29, 0.717) is 5.25 Å². The number of para-hydroxylation sites is 1. The van der Waals surface area contributed by atoms with Gasteiger partial charge in [0.25, 0.3) is 0 Å². The van der Waals surface area contributed by atoms with E-state index < -0.39 is 0 Å². The van der Waals surface area contributed by atoms with Crippen LogP contribution in [-0.4, -0.2) is 9.82 Å². The lowest BCUT2D eigenvalue weighted by Gasteiger charge is -2.10. The first-order chi connectivity index (χ1) is 9.09. The molecule has 1 heterocycles. The molecule has 1 aromatic heterocycles. The summed E-state index contributed by atoms with van der Waals surface area (Å²) in [4.78, 5) is 1.38. The van der Waals surface area contributed by atoms with E-state index in [1.807, 2.05) is 11.8 Å². The van der Waals surface area contributed by atoms with Gasteiger partial charge in [-0.05, 0) is 24.6 Å². The van der Waals surface area contributed by atoms with E-state index in [-0.39, 0.29) is 0 Å². The molecular formula is C17H19NS. The molecule has 19 heavy (non-hydrogen) atoms. The minimum absolute atomic E-state index is 0.601. The molecule has 0 saturated heterocycles. The van der Waals surface area contributed by atoms with Gasteiger partial charge in [-0.2, -0.15) is 0 Å². The first-order valence-electron chi connectivity index (χ1n) is 6.73. The molecule has 2 aromatic carbocycles. The van der Waals surface area contributed by atoms with Gasteiger partial charge >= 0.3 is 0 Å². The molecule has 0 saturated carbocycles. The van der Waals surface area contributed by atoms with Crippen LogP contribution in [0.3, 0.4) is 0 Å². The Kier molecular flexibility index (Phi) is 3.06. The highest BCUT2D eigenvalue weighted by Gasteiger charge is 2.14. The summed E-state index contributed by atoms with van der Waals surface area (Å²) >= 11 is 1.95. The third kappa shape index (κ3) is 1.95. The fourth-order valence-electron chi connectivity index (χ4n) is 2.79. The summed E-state index contributed by atoms with van der Waals surface area (Å²) in [6, 6.07) is 13.2. The molecule has 0 atom stereocenters. The first kappa shape index (κ1) is 12.6. The number of rotatable bonds is 2. The van der Waals surface area contributed by atoms with Crippen LogP contribution in [0.5, 0.6) is 0 Å². The van der Waals surface area contributed by atoms with Gasteiger partial charge in [0.1, 0.15) is 0 Å². The van der Waals surface area contributed by atoms with E-state index >= 15 is 0 Å². The maximum absolute atomic E-state index is 2.34. The zero-order valence-electron chi connectivity index (χ0n) is 11.9. The number of fused-ring (bicyclic) bond motifs is 3. The van der Waals surface area contributed by atoms with E-state index in [2.05, 4.69) is 68.8 Å². The molecule has 0 fully saturated rings. The summed E-state index contributed by atoms with van der Waals surface area (Å²) in [7, 11) is 2.18. The predicted octanol–water partition coefficient (Wildman–Crippen LogP) is 5.14. The van der Waals surface area contributed by atoms with Gasteiger partial charge in [-0.15, -0.1) is 11.8 Å². The monoisotopic (exact) mass is 269 g/mol. The highest BCUT2D eigenvalue weighted by Crippen LogP contribution is 2.37. The van der Waals surface area contributed by atoms with Crippen LogP contribution < -0.4 is 0 Å². The lowest BCUT2D eigenvalue weighted by atomic mass is 10.1. The molecule has 3 rings (SSSR count). The molecular weight excluding hydrogens is 250 g/mol. The molecule has 0 bridgehead atoms. The van der Waals surface area contributed by atoms with Gasteiger partial charge in [-0.1, -0.05) is 38.1 Å². The maximum atomic E-state index is 2.34. The van der Waals surface area contributed by atoms with Gasteiger partial charge in [0, 0.05) is 33.5 Å². The number of aryl methyl sites for hydroxylation is 2. The zero-order valence-corrected chi connectivity index (χ0v) is 12.7. The van der Waals surface area contributed by atoms with Crippen LogP contribution in [-0.2, 0) is 7.05 Å². The summed E-state index contributed by atoms with van der Waals surface area (Å²) in [5.41, 5.74) is 4.05. The van der Waals surface area contributed by atoms with Crippen LogP contribution in [0, 0.1) is 6.92 Å². The topological polar surface area (TPSA) is 4.93 Å². The van der Waals surface area contributed by atoms with Crippen molar-refractivity contribution in [1.82, 2.24) is 4.57 Å². The van der Waals surface area contributed by atoms with Gasteiger partial charge in [0.05, 0.1) is 5.52 Å². The van der Waals surface area contributed by atoms with Crippen molar-refractivity contribution in [2.24, 2.45) is 7.05 Å². The average Bonchev–Trinajstić information content (AvgIpc) is 2.68. The van der Waals surface area contributed by atoms with E-state index in [1.54, 1.807) is 0 Å². The van der Waals surface area contributed by atoms with E-state index in [9.17, 15) is 0 Å². The Hall–Kier alpha value is -1.41. The lowest BCUT2D eigenvalue weighted by molar-refractivity contribution is 0.998. The van der Waals surface area contributed by atoms with Crippen LogP contribution in [0.2, 0.25) is 0 Å². The Morgan fingerprint density at radius 3 is 2.53 bits per heavy atom. The fourth-order valence-corrected chi connectivity index (χ4v) is 3.80. The minimum atomic E-state index is 0.601. The standard InChI is InChI=1S/C17H19NS/c1-11(2)19-15-10-9-12(3)16-13-7-5-6-8-14(13)18(4)17(15)16/h5-11H,1-4H3. The number of nitrogens with zero attached hydrogens (tertiary/aromatic N) is 1. The van der Waals surface area contributed by atoms with Crippen LogP contribution in [0.25, 0.3) is 21.8 Å². The maximum Gasteiger partial charge on any atom is 0.0629 e. The Balaban J connectivity index is 2.46. The molecule has 3 aromatic rings. The molecule has 0 aliphatic carbocycles. The zero-order chi connectivity index (χ0) is 13.6. The minimum Gasteiger partial charge on any atom is -0.343 e. The number of aromatic nitrogens is 1. The van der Waals surface area contributed by atoms with Gasteiger partial charge in [0.2, 0.25) is 0 Å². The first-order valence-corrected chi connectivity index (χ1v) is 7.61. The van der Waals surface area contributed by atoms with Crippen molar-refractivity contribution in [1.29, 1.82) is 0 Å².